The second-order valence-electron chi connectivity index (χ2n) is 6.40. The Morgan fingerprint density at radius 3 is 2.80 bits per heavy atom. The maximum absolute atomic E-state index is 12.1. The lowest BCUT2D eigenvalue weighted by atomic mass is 10.1. The summed E-state index contributed by atoms with van der Waals surface area (Å²) in [6, 6.07) is 9.91. The number of aromatic nitrogens is 2. The molecule has 1 aromatic heterocycles. The average Bonchev–Trinajstić information content (AvgIpc) is 2.95. The summed E-state index contributed by atoms with van der Waals surface area (Å²) >= 11 is 5.91. The molecule has 0 spiro atoms. The molecule has 25 heavy (non-hydrogen) atoms. The quantitative estimate of drug-likeness (QED) is 0.849. The Kier molecular flexibility index (Phi) is 5.73. The van der Waals surface area contributed by atoms with Crippen LogP contribution in [-0.4, -0.2) is 47.5 Å². The normalized spacial score (nSPS) is 20.4. The third kappa shape index (κ3) is 4.81. The number of hydrogen-bond donors (Lipinski definition) is 2. The van der Waals surface area contributed by atoms with Crippen molar-refractivity contribution in [3.63, 3.8) is 0 Å². The number of nitrogens with one attached hydrogen (secondary N) is 2. The zero-order valence-corrected chi connectivity index (χ0v) is 15.2. The van der Waals surface area contributed by atoms with E-state index in [1.165, 1.54) is 5.56 Å². The smallest absolute Gasteiger partial charge is 0.271 e. The number of halogens is 1. The molecule has 6 nitrogen and oxygen atoms in total. The molecule has 1 aromatic carbocycles. The van der Waals surface area contributed by atoms with Gasteiger partial charge in [-0.1, -0.05) is 23.7 Å². The molecule has 7 heteroatoms. The summed E-state index contributed by atoms with van der Waals surface area (Å²) in [5.41, 5.74) is 2.61. The molecule has 134 valence electrons. The number of amides is 1. The van der Waals surface area contributed by atoms with Gasteiger partial charge in [-0.05, 0) is 37.1 Å². The average molecular weight is 363 g/mol. The standard InChI is InChI=1S/C18H23ClN4O2/c1-12-7-17(22-23(12)2)18(24)21-10-16-9-20-15(11-25-16)8-13-3-5-14(19)6-4-13/h3-7,15-16,20H,8-11H2,1-2H3,(H,21,24)/t15-,16+/m0/s1. The lowest BCUT2D eigenvalue weighted by Gasteiger charge is -2.30. The van der Waals surface area contributed by atoms with Crippen molar-refractivity contribution in [1.82, 2.24) is 20.4 Å². The Morgan fingerprint density at radius 2 is 2.20 bits per heavy atom. The molecule has 1 saturated heterocycles. The number of benzene rings is 1. The molecule has 2 aromatic rings. The van der Waals surface area contributed by atoms with Crippen LogP contribution in [0, 0.1) is 6.92 Å². The minimum absolute atomic E-state index is 0.0322. The first-order valence-electron chi connectivity index (χ1n) is 8.39. The second kappa shape index (κ2) is 7.99. The first-order valence-corrected chi connectivity index (χ1v) is 8.77. The van der Waals surface area contributed by atoms with E-state index < -0.39 is 0 Å². The van der Waals surface area contributed by atoms with Gasteiger partial charge in [-0.3, -0.25) is 9.48 Å². The number of hydrogen-bond acceptors (Lipinski definition) is 4. The van der Waals surface area contributed by atoms with Crippen molar-refractivity contribution >= 4 is 17.5 Å². The predicted octanol–water partition coefficient (Wildman–Crippen LogP) is 1.71. The van der Waals surface area contributed by atoms with Crippen molar-refractivity contribution in [2.75, 3.05) is 19.7 Å². The maximum Gasteiger partial charge on any atom is 0.271 e. The summed E-state index contributed by atoms with van der Waals surface area (Å²) in [7, 11) is 1.82. The zero-order chi connectivity index (χ0) is 17.8. The van der Waals surface area contributed by atoms with Crippen LogP contribution >= 0.6 is 11.6 Å². The van der Waals surface area contributed by atoms with Crippen molar-refractivity contribution < 1.29 is 9.53 Å². The minimum Gasteiger partial charge on any atom is -0.373 e. The van der Waals surface area contributed by atoms with E-state index in [0.717, 1.165) is 17.1 Å². The highest BCUT2D eigenvalue weighted by molar-refractivity contribution is 6.30. The van der Waals surface area contributed by atoms with Crippen LogP contribution in [0.5, 0.6) is 0 Å². The molecular formula is C18H23ClN4O2. The fourth-order valence-electron chi connectivity index (χ4n) is 2.80. The largest absolute Gasteiger partial charge is 0.373 e. The van der Waals surface area contributed by atoms with Gasteiger partial charge in [0.05, 0.1) is 12.7 Å². The van der Waals surface area contributed by atoms with E-state index in [1.807, 2.05) is 38.2 Å². The molecule has 1 aliphatic heterocycles. The van der Waals surface area contributed by atoms with Gasteiger partial charge in [0.25, 0.3) is 5.91 Å². The minimum atomic E-state index is -0.171. The molecule has 1 aliphatic rings. The summed E-state index contributed by atoms with van der Waals surface area (Å²) in [5.74, 6) is -0.171. The third-order valence-electron chi connectivity index (χ3n) is 4.40. The molecule has 0 saturated carbocycles. The summed E-state index contributed by atoms with van der Waals surface area (Å²) in [6.45, 7) is 3.71. The number of morpholine rings is 1. The number of ether oxygens (including phenoxy) is 1. The maximum atomic E-state index is 12.1. The van der Waals surface area contributed by atoms with Crippen LogP contribution in [0.3, 0.4) is 0 Å². The molecule has 0 unspecified atom stereocenters. The monoisotopic (exact) mass is 362 g/mol. The van der Waals surface area contributed by atoms with Crippen molar-refractivity contribution in [2.24, 2.45) is 7.05 Å². The highest BCUT2D eigenvalue weighted by atomic mass is 35.5. The van der Waals surface area contributed by atoms with E-state index in [-0.39, 0.29) is 18.1 Å². The molecule has 2 atom stereocenters. The fraction of sp³-hybridized carbons (Fsp3) is 0.444. The lowest BCUT2D eigenvalue weighted by molar-refractivity contribution is 0.00550. The molecule has 1 fully saturated rings. The van der Waals surface area contributed by atoms with Gasteiger partial charge in [-0.15, -0.1) is 0 Å². The molecule has 1 amide bonds. The Balaban J connectivity index is 1.41. The van der Waals surface area contributed by atoms with Gasteiger partial charge in [0.1, 0.15) is 5.69 Å². The Hall–Kier alpha value is -1.89. The van der Waals surface area contributed by atoms with Crippen LogP contribution < -0.4 is 10.6 Å². The number of carbonyl (C=O) groups is 1. The van der Waals surface area contributed by atoms with Crippen molar-refractivity contribution in [1.29, 1.82) is 0 Å². The van der Waals surface area contributed by atoms with Gasteiger partial charge in [-0.25, -0.2) is 0 Å². The zero-order valence-electron chi connectivity index (χ0n) is 14.5. The Bertz CT molecular complexity index is 702. The first kappa shape index (κ1) is 17.9. The Morgan fingerprint density at radius 1 is 1.44 bits per heavy atom. The van der Waals surface area contributed by atoms with E-state index in [1.54, 1.807) is 10.7 Å². The number of carbonyl (C=O) groups excluding carboxylic acids is 1. The summed E-state index contributed by atoms with van der Waals surface area (Å²) in [4.78, 5) is 12.1. The molecule has 0 aliphatic carbocycles. The van der Waals surface area contributed by atoms with Crippen LogP contribution in [0.2, 0.25) is 5.02 Å². The second-order valence-corrected chi connectivity index (χ2v) is 6.83. The van der Waals surface area contributed by atoms with E-state index in [0.29, 0.717) is 25.4 Å². The van der Waals surface area contributed by atoms with Gasteiger partial charge < -0.3 is 15.4 Å². The SMILES string of the molecule is Cc1cc(C(=O)NC[C@H]2CN[C@@H](Cc3ccc(Cl)cc3)CO2)nn1C. The molecule has 0 bridgehead atoms. The molecule has 3 rings (SSSR count). The van der Waals surface area contributed by atoms with Gasteiger partial charge >= 0.3 is 0 Å². The highest BCUT2D eigenvalue weighted by Gasteiger charge is 2.22. The molecule has 2 heterocycles. The lowest BCUT2D eigenvalue weighted by Crippen LogP contribution is -2.51. The van der Waals surface area contributed by atoms with Crippen molar-refractivity contribution in [3.8, 4) is 0 Å². The van der Waals surface area contributed by atoms with Crippen molar-refractivity contribution in [3.05, 3.63) is 52.3 Å². The third-order valence-corrected chi connectivity index (χ3v) is 4.65. The summed E-state index contributed by atoms with van der Waals surface area (Å²) < 4.78 is 7.56. The van der Waals surface area contributed by atoms with Crippen LogP contribution in [0.1, 0.15) is 21.7 Å². The van der Waals surface area contributed by atoms with E-state index in [4.69, 9.17) is 16.3 Å². The van der Waals surface area contributed by atoms with Crippen LogP contribution in [0.4, 0.5) is 0 Å². The van der Waals surface area contributed by atoms with E-state index in [9.17, 15) is 4.79 Å². The predicted molar refractivity (Wildman–Crippen MR) is 97.0 cm³/mol. The van der Waals surface area contributed by atoms with Gasteiger partial charge in [0.2, 0.25) is 0 Å². The Labute approximate surface area is 152 Å². The molecule has 2 N–H and O–H groups in total. The summed E-state index contributed by atoms with van der Waals surface area (Å²) in [5, 5.41) is 11.3. The van der Waals surface area contributed by atoms with Crippen LogP contribution in [-0.2, 0) is 18.2 Å². The molecule has 0 radical (unpaired) electrons. The van der Waals surface area contributed by atoms with E-state index >= 15 is 0 Å². The highest BCUT2D eigenvalue weighted by Crippen LogP contribution is 2.13. The number of rotatable bonds is 5. The van der Waals surface area contributed by atoms with Crippen LogP contribution in [0.15, 0.2) is 30.3 Å². The number of nitrogens with zero attached hydrogens (tertiary/aromatic N) is 2. The van der Waals surface area contributed by atoms with Gasteiger partial charge in [-0.2, -0.15) is 5.10 Å². The molecular weight excluding hydrogens is 340 g/mol. The van der Waals surface area contributed by atoms with E-state index in [2.05, 4.69) is 15.7 Å². The fourth-order valence-corrected chi connectivity index (χ4v) is 2.93. The van der Waals surface area contributed by atoms with Crippen LogP contribution in [0.25, 0.3) is 0 Å². The van der Waals surface area contributed by atoms with Gasteiger partial charge in [0, 0.05) is 36.9 Å². The summed E-state index contributed by atoms with van der Waals surface area (Å²) in [6.07, 6.45) is 0.860. The first-order chi connectivity index (χ1) is 12.0. The van der Waals surface area contributed by atoms with Crippen molar-refractivity contribution in [2.45, 2.75) is 25.5 Å². The number of aryl methyl sites for hydroxylation is 2. The topological polar surface area (TPSA) is 68.2 Å². The van der Waals surface area contributed by atoms with Gasteiger partial charge in [0.15, 0.2) is 0 Å².